The molecule has 0 saturated carbocycles. The van der Waals surface area contributed by atoms with Crippen LogP contribution in [0.3, 0.4) is 0 Å². The summed E-state index contributed by atoms with van der Waals surface area (Å²) in [6.07, 6.45) is 3.09. The number of H-pyrrole nitrogens is 1. The van der Waals surface area contributed by atoms with Gasteiger partial charge in [0.05, 0.1) is 24.1 Å². The molecule has 2 aromatic heterocycles. The second-order valence-corrected chi connectivity index (χ2v) is 5.64. The minimum absolute atomic E-state index is 0.223. The smallest absolute Gasteiger partial charge is 0.340 e. The zero-order valence-electron chi connectivity index (χ0n) is 15.1. The largest absolute Gasteiger partial charge is 0.465 e. The van der Waals surface area contributed by atoms with Crippen molar-refractivity contribution in [3.8, 4) is 0 Å². The second kappa shape index (κ2) is 8.33. The summed E-state index contributed by atoms with van der Waals surface area (Å²) >= 11 is 0. The molecular formula is C19H21NO6. The van der Waals surface area contributed by atoms with E-state index in [-0.39, 0.29) is 12.3 Å². The van der Waals surface area contributed by atoms with Gasteiger partial charge in [-0.1, -0.05) is 0 Å². The van der Waals surface area contributed by atoms with Crippen LogP contribution in [0, 0.1) is 13.8 Å². The van der Waals surface area contributed by atoms with Gasteiger partial charge in [0.25, 0.3) is 0 Å². The van der Waals surface area contributed by atoms with Gasteiger partial charge in [0, 0.05) is 11.8 Å². The summed E-state index contributed by atoms with van der Waals surface area (Å²) in [6.45, 7) is 6.75. The van der Waals surface area contributed by atoms with Crippen LogP contribution in [0.1, 0.15) is 51.7 Å². The second-order valence-electron chi connectivity index (χ2n) is 5.64. The van der Waals surface area contributed by atoms with Crippen LogP contribution in [0.2, 0.25) is 0 Å². The van der Waals surface area contributed by atoms with Crippen LogP contribution in [0.5, 0.6) is 0 Å². The van der Waals surface area contributed by atoms with E-state index in [9.17, 15) is 14.4 Å². The van der Waals surface area contributed by atoms with Crippen molar-refractivity contribution in [3.63, 3.8) is 0 Å². The summed E-state index contributed by atoms with van der Waals surface area (Å²) in [5.41, 5.74) is 1.55. The molecule has 0 saturated heterocycles. The number of carbonyl (C=O) groups excluding carboxylic acids is 3. The van der Waals surface area contributed by atoms with E-state index in [0.29, 0.717) is 22.6 Å². The van der Waals surface area contributed by atoms with Crippen LogP contribution in [0.15, 0.2) is 28.9 Å². The number of Topliss-reactive ketones (excluding diaryl/α,β-unsaturated/α-hetero) is 1. The molecule has 2 aromatic rings. The molecule has 0 amide bonds. The highest BCUT2D eigenvalue weighted by Gasteiger charge is 2.27. The topological polar surface area (TPSA) is 98.6 Å². The molecule has 0 spiro atoms. The van der Waals surface area contributed by atoms with E-state index >= 15 is 0 Å². The van der Waals surface area contributed by atoms with Crippen LogP contribution < -0.4 is 0 Å². The molecule has 0 unspecified atom stereocenters. The minimum Gasteiger partial charge on any atom is -0.465 e. The normalized spacial score (nSPS) is 12.2. The fourth-order valence-corrected chi connectivity index (χ4v) is 2.51. The first-order chi connectivity index (χ1) is 12.3. The molecule has 2 heterocycles. The first-order valence-corrected chi connectivity index (χ1v) is 8.17. The number of hydrogen-bond donors (Lipinski definition) is 1. The van der Waals surface area contributed by atoms with Gasteiger partial charge < -0.3 is 18.9 Å². The Hall–Kier alpha value is -3.09. The van der Waals surface area contributed by atoms with Crippen LogP contribution in [0.25, 0.3) is 6.08 Å². The molecule has 0 fully saturated rings. The molecule has 26 heavy (non-hydrogen) atoms. The van der Waals surface area contributed by atoms with Gasteiger partial charge in [0.2, 0.25) is 5.78 Å². The van der Waals surface area contributed by atoms with Gasteiger partial charge in [-0.2, -0.15) is 0 Å². The van der Waals surface area contributed by atoms with Crippen molar-refractivity contribution in [2.24, 2.45) is 0 Å². The predicted molar refractivity (Wildman–Crippen MR) is 93.8 cm³/mol. The van der Waals surface area contributed by atoms with E-state index in [1.165, 1.54) is 25.3 Å². The molecule has 0 aromatic carbocycles. The quantitative estimate of drug-likeness (QED) is 0.463. The Morgan fingerprint density at radius 3 is 2.65 bits per heavy atom. The highest BCUT2D eigenvalue weighted by Crippen LogP contribution is 2.21. The Kier molecular flexibility index (Phi) is 6.16. The highest BCUT2D eigenvalue weighted by molar-refractivity contribution is 6.04. The summed E-state index contributed by atoms with van der Waals surface area (Å²) in [6, 6.07) is 3.37. The van der Waals surface area contributed by atoms with Gasteiger partial charge in [-0.05, 0) is 51.5 Å². The van der Waals surface area contributed by atoms with E-state index in [1.807, 2.05) is 0 Å². The lowest BCUT2D eigenvalue weighted by molar-refractivity contribution is -0.140. The molecule has 138 valence electrons. The van der Waals surface area contributed by atoms with Gasteiger partial charge >= 0.3 is 11.9 Å². The molecule has 0 bridgehead atoms. The number of aromatic nitrogens is 1. The average Bonchev–Trinajstić information content (AvgIpc) is 3.20. The zero-order valence-corrected chi connectivity index (χ0v) is 15.1. The van der Waals surface area contributed by atoms with Gasteiger partial charge in [0.1, 0.15) is 5.76 Å². The first kappa shape index (κ1) is 19.2. The maximum absolute atomic E-state index is 12.6. The SMILES string of the molecule is CCOC(=O)c1c(C)[nH]c(C(=O)[C@H](C)OC(=O)/C=C/c2ccco2)c1C. The molecule has 7 nitrogen and oxygen atoms in total. The standard InChI is InChI=1S/C19H21NO6/c1-5-24-19(23)16-11(2)17(20-12(16)3)18(22)13(4)26-15(21)9-8-14-7-6-10-25-14/h6-10,13,20H,5H2,1-4H3/b9-8+/t13-/m0/s1. The maximum Gasteiger partial charge on any atom is 0.340 e. The number of hydrogen-bond acceptors (Lipinski definition) is 6. The van der Waals surface area contributed by atoms with Crippen molar-refractivity contribution >= 4 is 23.8 Å². The Bertz CT molecular complexity index is 829. The van der Waals surface area contributed by atoms with Crippen LogP contribution >= 0.6 is 0 Å². The molecule has 0 aliphatic carbocycles. The van der Waals surface area contributed by atoms with E-state index in [2.05, 4.69) is 4.98 Å². The lowest BCUT2D eigenvalue weighted by atomic mass is 10.1. The molecule has 7 heteroatoms. The van der Waals surface area contributed by atoms with E-state index in [1.54, 1.807) is 32.9 Å². The average molecular weight is 359 g/mol. The van der Waals surface area contributed by atoms with Crippen molar-refractivity contribution in [2.75, 3.05) is 6.61 Å². The Morgan fingerprint density at radius 1 is 1.31 bits per heavy atom. The van der Waals surface area contributed by atoms with Gasteiger partial charge in [0.15, 0.2) is 6.10 Å². The Balaban J connectivity index is 2.09. The molecule has 0 aliphatic rings. The highest BCUT2D eigenvalue weighted by atomic mass is 16.5. The number of aromatic amines is 1. The monoisotopic (exact) mass is 359 g/mol. The number of esters is 2. The number of aryl methyl sites for hydroxylation is 1. The number of furan rings is 1. The van der Waals surface area contributed by atoms with Gasteiger partial charge in [-0.3, -0.25) is 4.79 Å². The summed E-state index contributed by atoms with van der Waals surface area (Å²) in [7, 11) is 0. The lowest BCUT2D eigenvalue weighted by Gasteiger charge is -2.10. The van der Waals surface area contributed by atoms with Gasteiger partial charge in [-0.25, -0.2) is 9.59 Å². The molecule has 2 rings (SSSR count). The van der Waals surface area contributed by atoms with Crippen molar-refractivity contribution in [2.45, 2.75) is 33.8 Å². The van der Waals surface area contributed by atoms with Crippen molar-refractivity contribution < 1.29 is 28.3 Å². The summed E-state index contributed by atoms with van der Waals surface area (Å²) in [5, 5.41) is 0. The van der Waals surface area contributed by atoms with E-state index in [4.69, 9.17) is 13.9 Å². The third-order valence-electron chi connectivity index (χ3n) is 3.75. The molecular weight excluding hydrogens is 338 g/mol. The maximum atomic E-state index is 12.6. The molecule has 0 aliphatic heterocycles. The fraction of sp³-hybridized carbons (Fsp3) is 0.316. The van der Waals surface area contributed by atoms with Gasteiger partial charge in [-0.15, -0.1) is 0 Å². The zero-order chi connectivity index (χ0) is 19.3. The fourth-order valence-electron chi connectivity index (χ4n) is 2.51. The predicted octanol–water partition coefficient (Wildman–Crippen LogP) is 3.23. The molecule has 1 N–H and O–H groups in total. The van der Waals surface area contributed by atoms with Crippen molar-refractivity contribution in [1.29, 1.82) is 0 Å². The minimum atomic E-state index is -1.02. The summed E-state index contributed by atoms with van der Waals surface area (Å²) in [5.74, 6) is -1.10. The third kappa shape index (κ3) is 4.30. The number of nitrogens with one attached hydrogen (secondary N) is 1. The van der Waals surface area contributed by atoms with Crippen LogP contribution in [-0.4, -0.2) is 35.4 Å². The number of carbonyl (C=O) groups is 3. The van der Waals surface area contributed by atoms with Crippen LogP contribution in [0.4, 0.5) is 0 Å². The van der Waals surface area contributed by atoms with Crippen LogP contribution in [-0.2, 0) is 14.3 Å². The Labute approximate surface area is 151 Å². The van der Waals surface area contributed by atoms with Crippen molar-refractivity contribution in [1.82, 2.24) is 4.98 Å². The third-order valence-corrected chi connectivity index (χ3v) is 3.75. The van der Waals surface area contributed by atoms with E-state index < -0.39 is 23.8 Å². The summed E-state index contributed by atoms with van der Waals surface area (Å²) < 4.78 is 15.2. The number of ketones is 1. The molecule has 1 atom stereocenters. The Morgan fingerprint density at radius 2 is 2.04 bits per heavy atom. The van der Waals surface area contributed by atoms with E-state index in [0.717, 1.165) is 0 Å². The summed E-state index contributed by atoms with van der Waals surface area (Å²) in [4.78, 5) is 39.3. The van der Waals surface area contributed by atoms with Crippen molar-refractivity contribution in [3.05, 3.63) is 52.7 Å². The first-order valence-electron chi connectivity index (χ1n) is 8.17. The number of rotatable bonds is 7. The number of ether oxygens (including phenoxy) is 2. The lowest BCUT2D eigenvalue weighted by Crippen LogP contribution is -2.24. The molecule has 0 radical (unpaired) electrons.